The van der Waals surface area contributed by atoms with Crippen LogP contribution in [0, 0.1) is 6.92 Å². The van der Waals surface area contributed by atoms with E-state index in [0.717, 1.165) is 23.9 Å². The molecule has 1 aliphatic heterocycles. The fourth-order valence-electron chi connectivity index (χ4n) is 3.02. The second kappa shape index (κ2) is 7.77. The van der Waals surface area contributed by atoms with Gasteiger partial charge in [-0.2, -0.15) is 0 Å². The van der Waals surface area contributed by atoms with Crippen LogP contribution < -0.4 is 11.3 Å². The number of piperidine rings is 1. The standard InChI is InChI=1S/C17H22N4O2.ClH/c1-12-3-2-4-14-16(12)19-11-21(17(14)23)10-7-15(22)20-8-5-13(18)6-9-20;/h2-4,11,13H,5-10,18H2,1H3;1H. The number of aryl methyl sites for hydroxylation is 2. The Bertz CT molecular complexity index is 782. The van der Waals surface area contributed by atoms with Crippen molar-refractivity contribution in [2.45, 2.75) is 38.8 Å². The summed E-state index contributed by atoms with van der Waals surface area (Å²) in [5.41, 5.74) is 7.47. The van der Waals surface area contributed by atoms with Gasteiger partial charge in [0.15, 0.2) is 0 Å². The summed E-state index contributed by atoms with van der Waals surface area (Å²) < 4.78 is 1.52. The van der Waals surface area contributed by atoms with E-state index >= 15 is 0 Å². The van der Waals surface area contributed by atoms with Crippen LogP contribution in [0.5, 0.6) is 0 Å². The van der Waals surface area contributed by atoms with E-state index < -0.39 is 0 Å². The first kappa shape index (κ1) is 18.4. The van der Waals surface area contributed by atoms with Crippen LogP contribution >= 0.6 is 12.4 Å². The molecule has 0 radical (unpaired) electrons. The SMILES string of the molecule is Cc1cccc2c(=O)n(CCC(=O)N3CCC(N)CC3)cnc12.Cl. The van der Waals surface area contributed by atoms with E-state index in [0.29, 0.717) is 31.4 Å². The van der Waals surface area contributed by atoms with E-state index in [9.17, 15) is 9.59 Å². The van der Waals surface area contributed by atoms with E-state index in [1.54, 1.807) is 6.07 Å². The zero-order valence-corrected chi connectivity index (χ0v) is 14.6. The molecule has 0 atom stereocenters. The Labute approximate surface area is 147 Å². The number of amides is 1. The number of fused-ring (bicyclic) bond motifs is 1. The molecule has 1 aromatic carbocycles. The number of carbonyl (C=O) groups is 1. The van der Waals surface area contributed by atoms with E-state index in [-0.39, 0.29) is 29.9 Å². The van der Waals surface area contributed by atoms with Gasteiger partial charge in [0.25, 0.3) is 5.56 Å². The molecular weight excluding hydrogens is 328 g/mol. The van der Waals surface area contributed by atoms with Crippen molar-refractivity contribution in [1.29, 1.82) is 0 Å². The first-order chi connectivity index (χ1) is 11.1. The highest BCUT2D eigenvalue weighted by Gasteiger charge is 2.20. The minimum absolute atomic E-state index is 0. The second-order valence-electron chi connectivity index (χ2n) is 6.18. The van der Waals surface area contributed by atoms with Crippen LogP contribution in [0.2, 0.25) is 0 Å². The smallest absolute Gasteiger partial charge is 0.261 e. The number of aromatic nitrogens is 2. The van der Waals surface area contributed by atoms with Gasteiger partial charge < -0.3 is 10.6 Å². The molecule has 1 saturated heterocycles. The van der Waals surface area contributed by atoms with Crippen molar-refractivity contribution in [3.8, 4) is 0 Å². The molecule has 130 valence electrons. The zero-order chi connectivity index (χ0) is 16.4. The molecule has 0 saturated carbocycles. The molecule has 7 heteroatoms. The molecule has 24 heavy (non-hydrogen) atoms. The van der Waals surface area contributed by atoms with Gasteiger partial charge in [0, 0.05) is 32.1 Å². The van der Waals surface area contributed by atoms with Crippen LogP contribution in [-0.4, -0.2) is 39.5 Å². The molecule has 6 nitrogen and oxygen atoms in total. The summed E-state index contributed by atoms with van der Waals surface area (Å²) in [6.07, 6.45) is 3.55. The molecule has 0 unspecified atom stereocenters. The van der Waals surface area contributed by atoms with Gasteiger partial charge in [-0.15, -0.1) is 12.4 Å². The van der Waals surface area contributed by atoms with Gasteiger partial charge in [-0.05, 0) is 31.4 Å². The van der Waals surface area contributed by atoms with Crippen LogP contribution in [0.25, 0.3) is 10.9 Å². The summed E-state index contributed by atoms with van der Waals surface area (Å²) in [5, 5.41) is 0.601. The van der Waals surface area contributed by atoms with Crippen LogP contribution in [-0.2, 0) is 11.3 Å². The lowest BCUT2D eigenvalue weighted by Gasteiger charge is -2.30. The largest absolute Gasteiger partial charge is 0.343 e. The molecule has 0 spiro atoms. The maximum absolute atomic E-state index is 12.5. The number of nitrogens with zero attached hydrogens (tertiary/aromatic N) is 3. The molecule has 1 aromatic heterocycles. The van der Waals surface area contributed by atoms with E-state index in [1.165, 1.54) is 10.9 Å². The van der Waals surface area contributed by atoms with Crippen molar-refractivity contribution in [2.24, 2.45) is 5.73 Å². The Balaban J connectivity index is 0.00000208. The fourth-order valence-corrected chi connectivity index (χ4v) is 3.02. The lowest BCUT2D eigenvalue weighted by atomic mass is 10.1. The van der Waals surface area contributed by atoms with Crippen LogP contribution in [0.1, 0.15) is 24.8 Å². The van der Waals surface area contributed by atoms with Crippen molar-refractivity contribution >= 4 is 29.2 Å². The van der Waals surface area contributed by atoms with Gasteiger partial charge in [0.2, 0.25) is 5.91 Å². The minimum Gasteiger partial charge on any atom is -0.343 e. The molecular formula is C17H23ClN4O2. The summed E-state index contributed by atoms with van der Waals surface area (Å²) in [5.74, 6) is 0.0770. The molecule has 2 N–H and O–H groups in total. The molecule has 0 bridgehead atoms. The Morgan fingerprint density at radius 3 is 2.75 bits per heavy atom. The maximum atomic E-state index is 12.5. The topological polar surface area (TPSA) is 81.2 Å². The third kappa shape index (κ3) is 3.76. The lowest BCUT2D eigenvalue weighted by Crippen LogP contribution is -2.43. The van der Waals surface area contributed by atoms with Gasteiger partial charge in [0.05, 0.1) is 17.2 Å². The predicted molar refractivity (Wildman–Crippen MR) is 96.4 cm³/mol. The molecule has 0 aliphatic carbocycles. The highest BCUT2D eigenvalue weighted by molar-refractivity contribution is 5.85. The molecule has 1 amide bonds. The van der Waals surface area contributed by atoms with E-state index in [1.807, 2.05) is 24.0 Å². The molecule has 3 rings (SSSR count). The van der Waals surface area contributed by atoms with Crippen LogP contribution in [0.3, 0.4) is 0 Å². The zero-order valence-electron chi connectivity index (χ0n) is 13.8. The van der Waals surface area contributed by atoms with Gasteiger partial charge in [-0.1, -0.05) is 12.1 Å². The number of likely N-dealkylation sites (tertiary alicyclic amines) is 1. The average Bonchev–Trinajstić information content (AvgIpc) is 2.55. The number of benzene rings is 1. The Hall–Kier alpha value is -1.92. The Morgan fingerprint density at radius 1 is 1.33 bits per heavy atom. The third-order valence-corrected chi connectivity index (χ3v) is 4.51. The fraction of sp³-hybridized carbons (Fsp3) is 0.471. The van der Waals surface area contributed by atoms with Gasteiger partial charge in [-0.3, -0.25) is 14.2 Å². The van der Waals surface area contributed by atoms with Crippen LogP contribution in [0.4, 0.5) is 0 Å². The van der Waals surface area contributed by atoms with E-state index in [2.05, 4.69) is 4.98 Å². The van der Waals surface area contributed by atoms with Crippen molar-refractivity contribution in [3.63, 3.8) is 0 Å². The minimum atomic E-state index is -0.0906. The average molecular weight is 351 g/mol. The highest BCUT2D eigenvalue weighted by atomic mass is 35.5. The number of nitrogens with two attached hydrogens (primary N) is 1. The van der Waals surface area contributed by atoms with Crippen molar-refractivity contribution < 1.29 is 4.79 Å². The van der Waals surface area contributed by atoms with Crippen LogP contribution in [0.15, 0.2) is 29.3 Å². The van der Waals surface area contributed by atoms with Gasteiger partial charge in [-0.25, -0.2) is 4.98 Å². The number of para-hydroxylation sites is 1. The van der Waals surface area contributed by atoms with E-state index in [4.69, 9.17) is 5.73 Å². The number of carbonyl (C=O) groups excluding carboxylic acids is 1. The monoisotopic (exact) mass is 350 g/mol. The molecule has 1 aliphatic rings. The number of rotatable bonds is 3. The molecule has 2 aromatic rings. The Morgan fingerprint density at radius 2 is 2.04 bits per heavy atom. The normalized spacial score (nSPS) is 15.3. The first-order valence-electron chi connectivity index (χ1n) is 8.04. The van der Waals surface area contributed by atoms with Gasteiger partial charge >= 0.3 is 0 Å². The summed E-state index contributed by atoms with van der Waals surface area (Å²) in [4.78, 5) is 31.0. The highest BCUT2D eigenvalue weighted by Crippen LogP contribution is 2.12. The van der Waals surface area contributed by atoms with Crippen molar-refractivity contribution in [3.05, 3.63) is 40.4 Å². The second-order valence-corrected chi connectivity index (χ2v) is 6.18. The number of hydrogen-bond donors (Lipinski definition) is 1. The quantitative estimate of drug-likeness (QED) is 0.908. The predicted octanol–water partition coefficient (Wildman–Crippen LogP) is 1.47. The first-order valence-corrected chi connectivity index (χ1v) is 8.04. The molecule has 2 heterocycles. The lowest BCUT2D eigenvalue weighted by molar-refractivity contribution is -0.132. The Kier molecular flexibility index (Phi) is 5.96. The van der Waals surface area contributed by atoms with Crippen molar-refractivity contribution in [1.82, 2.24) is 14.5 Å². The number of halogens is 1. The van der Waals surface area contributed by atoms with Gasteiger partial charge in [0.1, 0.15) is 0 Å². The maximum Gasteiger partial charge on any atom is 0.261 e. The third-order valence-electron chi connectivity index (χ3n) is 4.51. The summed E-state index contributed by atoms with van der Waals surface area (Å²) in [6, 6.07) is 5.77. The number of hydrogen-bond acceptors (Lipinski definition) is 4. The summed E-state index contributed by atoms with van der Waals surface area (Å²) in [6.45, 7) is 3.72. The molecule has 1 fully saturated rings. The van der Waals surface area contributed by atoms with Crippen molar-refractivity contribution in [2.75, 3.05) is 13.1 Å². The summed E-state index contributed by atoms with van der Waals surface area (Å²) >= 11 is 0. The summed E-state index contributed by atoms with van der Waals surface area (Å²) in [7, 11) is 0.